The van der Waals surface area contributed by atoms with E-state index in [2.05, 4.69) is 13.0 Å². The van der Waals surface area contributed by atoms with Crippen molar-refractivity contribution < 1.29 is 9.53 Å². The van der Waals surface area contributed by atoms with E-state index in [1.807, 2.05) is 24.3 Å². The molecule has 2 rings (SSSR count). The van der Waals surface area contributed by atoms with Crippen molar-refractivity contribution in [3.05, 3.63) is 41.5 Å². The van der Waals surface area contributed by atoms with Crippen molar-refractivity contribution in [3.8, 4) is 0 Å². The van der Waals surface area contributed by atoms with E-state index in [4.69, 9.17) is 4.74 Å². The van der Waals surface area contributed by atoms with Crippen LogP contribution in [0.1, 0.15) is 74.2 Å². The highest BCUT2D eigenvalue weighted by Gasteiger charge is 2.24. The van der Waals surface area contributed by atoms with Crippen LogP contribution in [-0.2, 0) is 4.74 Å². The highest BCUT2D eigenvalue weighted by molar-refractivity contribution is 6.02. The molecule has 0 atom stereocenters. The normalized spacial score (nSPS) is 15.4. The maximum absolute atomic E-state index is 11.6. The molecule has 2 heteroatoms. The number of allylic oxidation sites excluding steroid dienone is 1. The molecule has 0 amide bonds. The number of carbonyl (C=O) groups is 1. The van der Waals surface area contributed by atoms with Crippen molar-refractivity contribution >= 4 is 11.7 Å². The molecular weight excluding hydrogens is 248 g/mol. The number of hydrogen-bond acceptors (Lipinski definition) is 2. The van der Waals surface area contributed by atoms with Crippen LogP contribution >= 0.6 is 0 Å². The number of unbranched alkanes of at least 4 members (excludes halogenated alkanes) is 7. The third-order valence-corrected chi connectivity index (χ3v) is 3.75. The van der Waals surface area contributed by atoms with Crippen LogP contribution in [0.25, 0.3) is 5.76 Å². The van der Waals surface area contributed by atoms with Gasteiger partial charge < -0.3 is 4.74 Å². The van der Waals surface area contributed by atoms with Gasteiger partial charge in [0.15, 0.2) is 0 Å². The van der Waals surface area contributed by atoms with Gasteiger partial charge in [-0.25, -0.2) is 4.79 Å². The Hall–Kier alpha value is -1.57. The van der Waals surface area contributed by atoms with Crippen molar-refractivity contribution in [1.29, 1.82) is 0 Å². The van der Waals surface area contributed by atoms with Gasteiger partial charge in [-0.2, -0.15) is 0 Å². The van der Waals surface area contributed by atoms with Gasteiger partial charge in [0.05, 0.1) is 5.56 Å². The average Bonchev–Trinajstić information content (AvgIpc) is 2.79. The van der Waals surface area contributed by atoms with Gasteiger partial charge in [-0.15, -0.1) is 0 Å². The number of fused-ring (bicyclic) bond motifs is 1. The molecule has 1 aliphatic heterocycles. The van der Waals surface area contributed by atoms with Gasteiger partial charge in [-0.3, -0.25) is 0 Å². The van der Waals surface area contributed by atoms with Gasteiger partial charge >= 0.3 is 5.97 Å². The molecule has 1 aliphatic rings. The summed E-state index contributed by atoms with van der Waals surface area (Å²) in [6.07, 6.45) is 12.2. The highest BCUT2D eigenvalue weighted by atomic mass is 16.5. The molecule has 0 saturated heterocycles. The molecule has 2 nitrogen and oxygen atoms in total. The molecule has 108 valence electrons. The maximum Gasteiger partial charge on any atom is 0.344 e. The van der Waals surface area contributed by atoms with Gasteiger partial charge in [0, 0.05) is 5.56 Å². The number of hydrogen-bond donors (Lipinski definition) is 0. The molecule has 1 aromatic rings. The third-order valence-electron chi connectivity index (χ3n) is 3.75. The van der Waals surface area contributed by atoms with Gasteiger partial charge in [0.25, 0.3) is 0 Å². The van der Waals surface area contributed by atoms with Gasteiger partial charge in [0.1, 0.15) is 5.76 Å². The van der Waals surface area contributed by atoms with Crippen LogP contribution in [-0.4, -0.2) is 5.97 Å². The molecule has 0 spiro atoms. The molecular formula is C18H24O2. The van der Waals surface area contributed by atoms with Crippen molar-refractivity contribution in [2.24, 2.45) is 0 Å². The summed E-state index contributed by atoms with van der Waals surface area (Å²) in [7, 11) is 0. The quantitative estimate of drug-likeness (QED) is 0.471. The van der Waals surface area contributed by atoms with E-state index in [0.717, 1.165) is 17.7 Å². The molecule has 0 aliphatic carbocycles. The summed E-state index contributed by atoms with van der Waals surface area (Å²) in [6, 6.07) is 7.60. The van der Waals surface area contributed by atoms with Crippen LogP contribution in [0.4, 0.5) is 0 Å². The van der Waals surface area contributed by atoms with Crippen LogP contribution in [0.3, 0.4) is 0 Å². The fraction of sp³-hybridized carbons (Fsp3) is 0.500. The maximum atomic E-state index is 11.6. The monoisotopic (exact) mass is 272 g/mol. The predicted molar refractivity (Wildman–Crippen MR) is 82.4 cm³/mol. The summed E-state index contributed by atoms with van der Waals surface area (Å²) in [6.45, 7) is 2.24. The van der Waals surface area contributed by atoms with E-state index in [0.29, 0.717) is 5.56 Å². The van der Waals surface area contributed by atoms with Crippen molar-refractivity contribution in [3.63, 3.8) is 0 Å². The molecule has 1 aromatic carbocycles. The highest BCUT2D eigenvalue weighted by Crippen LogP contribution is 2.29. The standard InChI is InChI=1S/C18H24O2/c1-2-3-4-5-6-7-8-9-14-17-15-12-10-11-13-16(15)18(19)20-17/h10-14H,2-9H2,1H3/b17-14-. The Kier molecular flexibility index (Phi) is 5.85. The minimum absolute atomic E-state index is 0.216. The zero-order valence-electron chi connectivity index (χ0n) is 12.4. The molecule has 0 aromatic heterocycles. The minimum Gasteiger partial charge on any atom is -0.423 e. The second-order valence-electron chi connectivity index (χ2n) is 5.41. The molecule has 0 saturated carbocycles. The van der Waals surface area contributed by atoms with Crippen LogP contribution in [0.2, 0.25) is 0 Å². The number of cyclic esters (lactones) is 1. The first-order chi connectivity index (χ1) is 9.83. The molecule has 20 heavy (non-hydrogen) atoms. The van der Waals surface area contributed by atoms with Crippen LogP contribution in [0.5, 0.6) is 0 Å². The summed E-state index contributed by atoms with van der Waals surface area (Å²) in [5.41, 5.74) is 1.64. The van der Waals surface area contributed by atoms with Crippen LogP contribution < -0.4 is 0 Å². The topological polar surface area (TPSA) is 26.3 Å². The van der Waals surface area contributed by atoms with E-state index in [1.54, 1.807) is 0 Å². The Morgan fingerprint density at radius 1 is 0.950 bits per heavy atom. The lowest BCUT2D eigenvalue weighted by Gasteiger charge is -2.00. The first-order valence-corrected chi connectivity index (χ1v) is 7.84. The number of esters is 1. The van der Waals surface area contributed by atoms with E-state index in [-0.39, 0.29) is 5.97 Å². The zero-order valence-corrected chi connectivity index (χ0v) is 12.4. The minimum atomic E-state index is -0.216. The van der Waals surface area contributed by atoms with E-state index < -0.39 is 0 Å². The fourth-order valence-corrected chi connectivity index (χ4v) is 2.57. The Morgan fingerprint density at radius 3 is 2.35 bits per heavy atom. The summed E-state index contributed by atoms with van der Waals surface area (Å²) in [4.78, 5) is 11.6. The predicted octanol–water partition coefficient (Wildman–Crippen LogP) is 5.34. The third kappa shape index (κ3) is 3.96. The molecule has 1 heterocycles. The van der Waals surface area contributed by atoms with E-state index in [9.17, 15) is 4.79 Å². The second kappa shape index (κ2) is 7.88. The Balaban J connectivity index is 1.72. The summed E-state index contributed by atoms with van der Waals surface area (Å²) >= 11 is 0. The molecule has 0 N–H and O–H groups in total. The smallest absolute Gasteiger partial charge is 0.344 e. The van der Waals surface area contributed by atoms with Crippen molar-refractivity contribution in [1.82, 2.24) is 0 Å². The number of ether oxygens (including phenoxy) is 1. The first-order valence-electron chi connectivity index (χ1n) is 7.84. The van der Waals surface area contributed by atoms with E-state index >= 15 is 0 Å². The lowest BCUT2D eigenvalue weighted by Crippen LogP contribution is -1.92. The Morgan fingerprint density at radius 2 is 1.60 bits per heavy atom. The molecule has 0 bridgehead atoms. The number of rotatable bonds is 8. The molecule has 0 fully saturated rings. The largest absolute Gasteiger partial charge is 0.423 e. The SMILES string of the molecule is CCCCCCCCC/C=C1\OC(=O)c2ccccc21. The summed E-state index contributed by atoms with van der Waals surface area (Å²) < 4.78 is 5.31. The van der Waals surface area contributed by atoms with Gasteiger partial charge in [-0.05, 0) is 25.0 Å². The summed E-state index contributed by atoms with van der Waals surface area (Å²) in [5.74, 6) is 0.531. The second-order valence-corrected chi connectivity index (χ2v) is 5.41. The lowest BCUT2D eigenvalue weighted by atomic mass is 10.1. The van der Waals surface area contributed by atoms with Crippen molar-refractivity contribution in [2.75, 3.05) is 0 Å². The fourth-order valence-electron chi connectivity index (χ4n) is 2.57. The summed E-state index contributed by atoms with van der Waals surface area (Å²) in [5, 5.41) is 0. The average molecular weight is 272 g/mol. The zero-order chi connectivity index (χ0) is 14.2. The van der Waals surface area contributed by atoms with Gasteiger partial charge in [-0.1, -0.05) is 63.6 Å². The van der Waals surface area contributed by atoms with E-state index in [1.165, 1.54) is 44.9 Å². The Labute approximate surface area is 121 Å². The molecule has 0 unspecified atom stereocenters. The number of benzene rings is 1. The Bertz CT molecular complexity index is 474. The first kappa shape index (κ1) is 14.8. The van der Waals surface area contributed by atoms with Crippen molar-refractivity contribution in [2.45, 2.75) is 58.3 Å². The number of carbonyl (C=O) groups excluding carboxylic acids is 1. The lowest BCUT2D eigenvalue weighted by molar-refractivity contribution is 0.0715. The molecule has 0 radical (unpaired) electrons. The van der Waals surface area contributed by atoms with Crippen LogP contribution in [0.15, 0.2) is 30.3 Å². The van der Waals surface area contributed by atoms with Crippen LogP contribution in [0, 0.1) is 0 Å². The van der Waals surface area contributed by atoms with Gasteiger partial charge in [0.2, 0.25) is 0 Å².